The second-order valence-electron chi connectivity index (χ2n) is 4.55. The van der Waals surface area contributed by atoms with Crippen LogP contribution in [0.15, 0.2) is 60.9 Å². The molecule has 0 amide bonds. The Morgan fingerprint density at radius 1 is 1.06 bits per heavy atom. The topological polar surface area (TPSA) is 24.9 Å². The molecule has 0 saturated carbocycles. The zero-order valence-electron chi connectivity index (χ0n) is 10.2. The molecule has 0 aliphatic carbocycles. The third-order valence-electron chi connectivity index (χ3n) is 3.37. The molecule has 1 aromatic heterocycles. The van der Waals surface area contributed by atoms with Gasteiger partial charge in [0.2, 0.25) is 0 Å². The van der Waals surface area contributed by atoms with Gasteiger partial charge in [-0.2, -0.15) is 0 Å². The highest BCUT2D eigenvalue weighted by molar-refractivity contribution is 5.67. The molecule has 2 heteroatoms. The fourth-order valence-corrected chi connectivity index (χ4v) is 2.41. The second-order valence-corrected chi connectivity index (χ2v) is 4.55. The highest BCUT2D eigenvalue weighted by atomic mass is 14.9. The van der Waals surface area contributed by atoms with Gasteiger partial charge in [0.25, 0.3) is 0 Å². The van der Waals surface area contributed by atoms with E-state index in [2.05, 4.69) is 52.8 Å². The fraction of sp³-hybridized carbons (Fsp3) is 0.188. The minimum Gasteiger partial charge on any atom is -0.306 e. The van der Waals surface area contributed by atoms with E-state index in [1.807, 2.05) is 18.5 Å². The molecule has 1 atom stereocenters. The van der Waals surface area contributed by atoms with E-state index in [4.69, 9.17) is 0 Å². The Hall–Kier alpha value is -1.93. The molecule has 90 valence electrons. The van der Waals surface area contributed by atoms with Crippen LogP contribution in [0.1, 0.15) is 23.6 Å². The van der Waals surface area contributed by atoms with Crippen LogP contribution in [0, 0.1) is 0 Å². The van der Waals surface area contributed by atoms with Crippen LogP contribution in [0.2, 0.25) is 0 Å². The van der Waals surface area contributed by atoms with Crippen molar-refractivity contribution in [2.24, 2.45) is 0 Å². The predicted molar refractivity (Wildman–Crippen MR) is 74.0 cm³/mol. The molecule has 0 spiro atoms. The van der Waals surface area contributed by atoms with Crippen LogP contribution < -0.4 is 5.32 Å². The number of hydrogen-bond acceptors (Lipinski definition) is 2. The molecule has 1 aromatic carbocycles. The number of nitrogens with one attached hydrogen (secondary N) is 1. The molecule has 3 rings (SSSR count). The summed E-state index contributed by atoms with van der Waals surface area (Å²) in [6.45, 7) is 0.920. The molecule has 2 nitrogen and oxygen atoms in total. The number of rotatable bonds is 2. The number of pyridine rings is 1. The maximum absolute atomic E-state index is 4.20. The predicted octanol–water partition coefficient (Wildman–Crippen LogP) is 3.20. The number of benzene rings is 1. The summed E-state index contributed by atoms with van der Waals surface area (Å²) in [5, 5.41) is 3.52. The van der Waals surface area contributed by atoms with E-state index >= 15 is 0 Å². The van der Waals surface area contributed by atoms with Crippen LogP contribution in [-0.2, 0) is 0 Å². The lowest BCUT2D eigenvalue weighted by molar-refractivity contribution is 0.562. The zero-order chi connectivity index (χ0) is 12.2. The van der Waals surface area contributed by atoms with Crippen LogP contribution in [-0.4, -0.2) is 11.5 Å². The summed E-state index contributed by atoms with van der Waals surface area (Å²) >= 11 is 0. The van der Waals surface area contributed by atoms with Gasteiger partial charge in [0.05, 0.1) is 0 Å². The molecular weight excluding hydrogens is 220 g/mol. The van der Waals surface area contributed by atoms with Crippen LogP contribution >= 0.6 is 0 Å². The van der Waals surface area contributed by atoms with Gasteiger partial charge >= 0.3 is 0 Å². The van der Waals surface area contributed by atoms with Crippen molar-refractivity contribution < 1.29 is 0 Å². The maximum Gasteiger partial charge on any atom is 0.0378 e. The Labute approximate surface area is 107 Å². The van der Waals surface area contributed by atoms with Gasteiger partial charge in [-0.25, -0.2) is 0 Å². The van der Waals surface area contributed by atoms with Crippen molar-refractivity contribution in [3.63, 3.8) is 0 Å². The first-order valence-electron chi connectivity index (χ1n) is 6.31. The molecule has 0 saturated heterocycles. The smallest absolute Gasteiger partial charge is 0.0378 e. The number of nitrogens with zero attached hydrogens (tertiary/aromatic N) is 1. The van der Waals surface area contributed by atoms with Crippen molar-refractivity contribution in [3.8, 4) is 0 Å². The molecule has 1 aliphatic heterocycles. The molecule has 0 fully saturated rings. The largest absolute Gasteiger partial charge is 0.306 e. The van der Waals surface area contributed by atoms with Crippen molar-refractivity contribution >= 4 is 5.57 Å². The molecule has 1 N–H and O–H groups in total. The molecule has 2 heterocycles. The first-order valence-corrected chi connectivity index (χ1v) is 6.31. The second kappa shape index (κ2) is 5.15. The average molecular weight is 236 g/mol. The Kier molecular flexibility index (Phi) is 3.20. The van der Waals surface area contributed by atoms with Gasteiger partial charge in [-0.05, 0) is 29.2 Å². The molecule has 18 heavy (non-hydrogen) atoms. The van der Waals surface area contributed by atoms with Crippen LogP contribution in [0.3, 0.4) is 0 Å². The summed E-state index contributed by atoms with van der Waals surface area (Å²) in [5.41, 5.74) is 4.01. The van der Waals surface area contributed by atoms with Crippen LogP contribution in [0.4, 0.5) is 0 Å². The Morgan fingerprint density at radius 3 is 2.72 bits per heavy atom. The van der Waals surface area contributed by atoms with E-state index in [1.54, 1.807) is 0 Å². The van der Waals surface area contributed by atoms with E-state index in [0.29, 0.717) is 6.04 Å². The summed E-state index contributed by atoms with van der Waals surface area (Å²) in [5.74, 6) is 0. The molecule has 0 bridgehead atoms. The van der Waals surface area contributed by atoms with Gasteiger partial charge in [0.15, 0.2) is 0 Å². The van der Waals surface area contributed by atoms with E-state index in [1.165, 1.54) is 16.7 Å². The standard InChI is InChI=1S/C16H16N2/c1-2-5-13(6-3-1)14-8-10-18-16(11-14)15-7-4-9-17-12-15/h1-9,12,16,18H,10-11H2. The lowest BCUT2D eigenvalue weighted by Crippen LogP contribution is -2.25. The minimum atomic E-state index is 0.374. The van der Waals surface area contributed by atoms with E-state index < -0.39 is 0 Å². The normalized spacial score (nSPS) is 19.3. The van der Waals surface area contributed by atoms with Gasteiger partial charge in [0, 0.05) is 25.0 Å². The van der Waals surface area contributed by atoms with Crippen molar-refractivity contribution in [3.05, 3.63) is 72.1 Å². The van der Waals surface area contributed by atoms with Gasteiger partial charge in [-0.3, -0.25) is 4.98 Å². The van der Waals surface area contributed by atoms with Crippen molar-refractivity contribution in [1.82, 2.24) is 10.3 Å². The first kappa shape index (κ1) is 11.2. The summed E-state index contributed by atoms with van der Waals surface area (Å²) in [7, 11) is 0. The molecular formula is C16H16N2. The third kappa shape index (κ3) is 2.34. The zero-order valence-corrected chi connectivity index (χ0v) is 10.2. The highest BCUT2D eigenvalue weighted by Crippen LogP contribution is 2.29. The van der Waals surface area contributed by atoms with Gasteiger partial charge < -0.3 is 5.32 Å². The van der Waals surface area contributed by atoms with Crippen molar-refractivity contribution in [2.45, 2.75) is 12.5 Å². The number of hydrogen-bond donors (Lipinski definition) is 1. The van der Waals surface area contributed by atoms with Crippen LogP contribution in [0.25, 0.3) is 5.57 Å². The van der Waals surface area contributed by atoms with E-state index in [-0.39, 0.29) is 0 Å². The lowest BCUT2D eigenvalue weighted by Gasteiger charge is -2.24. The third-order valence-corrected chi connectivity index (χ3v) is 3.37. The summed E-state index contributed by atoms with van der Waals surface area (Å²) in [6, 6.07) is 15.1. The van der Waals surface area contributed by atoms with Crippen molar-refractivity contribution in [1.29, 1.82) is 0 Å². The van der Waals surface area contributed by atoms with E-state index in [0.717, 1.165) is 13.0 Å². The fourth-order valence-electron chi connectivity index (χ4n) is 2.41. The Morgan fingerprint density at radius 2 is 1.94 bits per heavy atom. The van der Waals surface area contributed by atoms with Gasteiger partial charge in [0.1, 0.15) is 0 Å². The van der Waals surface area contributed by atoms with E-state index in [9.17, 15) is 0 Å². The van der Waals surface area contributed by atoms with Crippen LogP contribution in [0.5, 0.6) is 0 Å². The summed E-state index contributed by atoms with van der Waals surface area (Å²) in [6.07, 6.45) is 7.07. The first-order chi connectivity index (χ1) is 8.93. The van der Waals surface area contributed by atoms with Gasteiger partial charge in [-0.1, -0.05) is 42.5 Å². The lowest BCUT2D eigenvalue weighted by atomic mass is 9.92. The number of aromatic nitrogens is 1. The SMILES string of the molecule is C1=C(c2ccccc2)CC(c2cccnc2)NC1. The summed E-state index contributed by atoms with van der Waals surface area (Å²) < 4.78 is 0. The van der Waals surface area contributed by atoms with Gasteiger partial charge in [-0.15, -0.1) is 0 Å². The minimum absolute atomic E-state index is 0.374. The quantitative estimate of drug-likeness (QED) is 0.866. The highest BCUT2D eigenvalue weighted by Gasteiger charge is 2.17. The molecule has 0 radical (unpaired) electrons. The monoisotopic (exact) mass is 236 g/mol. The van der Waals surface area contributed by atoms with Crippen molar-refractivity contribution in [2.75, 3.05) is 6.54 Å². The Balaban J connectivity index is 1.82. The average Bonchev–Trinajstić information content (AvgIpc) is 2.49. The summed E-state index contributed by atoms with van der Waals surface area (Å²) in [4.78, 5) is 4.20. The Bertz CT molecular complexity index is 532. The maximum atomic E-state index is 4.20. The molecule has 1 unspecified atom stereocenters. The molecule has 2 aromatic rings. The molecule has 1 aliphatic rings.